The minimum Gasteiger partial charge on any atom is -0.478 e. The summed E-state index contributed by atoms with van der Waals surface area (Å²) in [4.78, 5) is 34.9. The van der Waals surface area contributed by atoms with Gasteiger partial charge in [-0.15, -0.1) is 0 Å². The Balaban J connectivity index is 3.24. The van der Waals surface area contributed by atoms with Crippen molar-refractivity contribution in [1.82, 2.24) is 0 Å². The molecule has 0 aliphatic carbocycles. The molecule has 0 spiro atoms. The second-order valence-corrected chi connectivity index (χ2v) is 7.66. The van der Waals surface area contributed by atoms with E-state index in [1.54, 1.807) is 47.6 Å². The Kier molecular flexibility index (Phi) is 6.13. The lowest BCUT2D eigenvalue weighted by Gasteiger charge is -2.20. The van der Waals surface area contributed by atoms with Crippen LogP contribution in [-0.4, -0.2) is 23.0 Å². The fourth-order valence-corrected chi connectivity index (χ4v) is 1.47. The largest absolute Gasteiger partial charge is 0.478 e. The minimum absolute atomic E-state index is 0.0602. The third-order valence-electron chi connectivity index (χ3n) is 3.02. The van der Waals surface area contributed by atoms with Crippen molar-refractivity contribution in [2.45, 2.75) is 41.5 Å². The summed E-state index contributed by atoms with van der Waals surface area (Å²) < 4.78 is 10.7. The molecular formula is C19H24O6. The van der Waals surface area contributed by atoms with Crippen LogP contribution in [0.2, 0.25) is 0 Å². The summed E-state index contributed by atoms with van der Waals surface area (Å²) in [6.45, 7) is 10.2. The topological polar surface area (TPSA) is 89.9 Å². The highest BCUT2D eigenvalue weighted by Gasteiger charge is 2.28. The molecule has 0 unspecified atom stereocenters. The van der Waals surface area contributed by atoms with E-state index in [2.05, 4.69) is 0 Å². The van der Waals surface area contributed by atoms with Crippen LogP contribution in [0.25, 0.3) is 6.08 Å². The van der Waals surface area contributed by atoms with Crippen LogP contribution in [0.15, 0.2) is 24.3 Å². The van der Waals surface area contributed by atoms with E-state index in [-0.39, 0.29) is 11.5 Å². The van der Waals surface area contributed by atoms with Gasteiger partial charge in [-0.2, -0.15) is 0 Å². The van der Waals surface area contributed by atoms with Gasteiger partial charge in [-0.1, -0.05) is 6.07 Å². The van der Waals surface area contributed by atoms with Crippen molar-refractivity contribution >= 4 is 24.0 Å². The van der Waals surface area contributed by atoms with E-state index < -0.39 is 28.7 Å². The number of hydrogen-bond acceptors (Lipinski definition) is 5. The van der Waals surface area contributed by atoms with Gasteiger partial charge in [0.1, 0.15) is 0 Å². The Morgan fingerprint density at radius 3 is 1.80 bits per heavy atom. The predicted octanol–water partition coefficient (Wildman–Crippen LogP) is 3.69. The Hall–Kier alpha value is -2.63. The second kappa shape index (κ2) is 7.51. The average molecular weight is 348 g/mol. The van der Waals surface area contributed by atoms with E-state index in [1.165, 1.54) is 18.2 Å². The van der Waals surface area contributed by atoms with Gasteiger partial charge in [0.2, 0.25) is 0 Å². The van der Waals surface area contributed by atoms with E-state index in [9.17, 15) is 14.4 Å². The van der Waals surface area contributed by atoms with Crippen molar-refractivity contribution in [2.24, 2.45) is 10.8 Å². The summed E-state index contributed by atoms with van der Waals surface area (Å²) in [5.41, 5.74) is -0.986. The maximum absolute atomic E-state index is 12.2. The molecule has 6 heteroatoms. The third kappa shape index (κ3) is 6.41. The predicted molar refractivity (Wildman–Crippen MR) is 93.3 cm³/mol. The van der Waals surface area contributed by atoms with Crippen molar-refractivity contribution < 1.29 is 29.0 Å². The summed E-state index contributed by atoms with van der Waals surface area (Å²) in [5, 5.41) is 8.72. The smallest absolute Gasteiger partial charge is 0.328 e. The Morgan fingerprint density at radius 1 is 0.880 bits per heavy atom. The lowest BCUT2D eigenvalue weighted by Crippen LogP contribution is -2.27. The molecule has 0 radical (unpaired) electrons. The number of hydrogen-bond donors (Lipinski definition) is 1. The van der Waals surface area contributed by atoms with E-state index in [4.69, 9.17) is 14.6 Å². The molecule has 1 aromatic carbocycles. The quantitative estimate of drug-likeness (QED) is 0.507. The molecule has 0 aliphatic rings. The van der Waals surface area contributed by atoms with E-state index in [0.717, 1.165) is 6.08 Å². The van der Waals surface area contributed by atoms with Crippen LogP contribution >= 0.6 is 0 Å². The average Bonchev–Trinajstić information content (AvgIpc) is 2.45. The van der Waals surface area contributed by atoms with Crippen LogP contribution in [0, 0.1) is 10.8 Å². The minimum atomic E-state index is -1.10. The molecule has 1 rings (SSSR count). The lowest BCUT2D eigenvalue weighted by molar-refractivity contribution is -0.145. The fraction of sp³-hybridized carbons (Fsp3) is 0.421. The van der Waals surface area contributed by atoms with Crippen LogP contribution in [-0.2, 0) is 14.4 Å². The highest BCUT2D eigenvalue weighted by Crippen LogP contribution is 2.32. The number of carbonyl (C=O) groups excluding carboxylic acids is 2. The zero-order valence-electron chi connectivity index (χ0n) is 15.4. The molecule has 0 amide bonds. The van der Waals surface area contributed by atoms with Crippen LogP contribution in [0.1, 0.15) is 47.1 Å². The van der Waals surface area contributed by atoms with Crippen LogP contribution in [0.3, 0.4) is 0 Å². The van der Waals surface area contributed by atoms with Crippen LogP contribution in [0.4, 0.5) is 0 Å². The first-order chi connectivity index (χ1) is 11.3. The van der Waals surface area contributed by atoms with Crippen LogP contribution < -0.4 is 9.47 Å². The van der Waals surface area contributed by atoms with Gasteiger partial charge >= 0.3 is 17.9 Å². The van der Waals surface area contributed by atoms with Crippen molar-refractivity contribution in [3.05, 3.63) is 29.8 Å². The van der Waals surface area contributed by atoms with Crippen molar-refractivity contribution in [3.63, 3.8) is 0 Å². The molecule has 0 aliphatic heterocycles. The van der Waals surface area contributed by atoms with E-state index in [0.29, 0.717) is 5.56 Å². The van der Waals surface area contributed by atoms with Crippen molar-refractivity contribution in [2.75, 3.05) is 0 Å². The Bertz CT molecular complexity index is 702. The molecule has 25 heavy (non-hydrogen) atoms. The first-order valence-corrected chi connectivity index (χ1v) is 7.80. The van der Waals surface area contributed by atoms with E-state index in [1.807, 2.05) is 0 Å². The van der Waals surface area contributed by atoms with Crippen molar-refractivity contribution in [3.8, 4) is 11.5 Å². The molecule has 0 heterocycles. The lowest BCUT2D eigenvalue weighted by atomic mass is 9.97. The zero-order valence-corrected chi connectivity index (χ0v) is 15.4. The summed E-state index contributed by atoms with van der Waals surface area (Å²) in [7, 11) is 0. The molecular weight excluding hydrogens is 324 g/mol. The maximum atomic E-state index is 12.2. The molecule has 0 fully saturated rings. The molecule has 0 saturated heterocycles. The number of aliphatic carboxylic acids is 1. The number of benzene rings is 1. The van der Waals surface area contributed by atoms with Gasteiger partial charge < -0.3 is 14.6 Å². The summed E-state index contributed by atoms with van der Waals surface area (Å²) in [6.07, 6.45) is 2.32. The SMILES string of the molecule is CC(C)(C)C(=O)Oc1ccc(/C=C/C(=O)O)cc1OC(=O)C(C)(C)C. The summed E-state index contributed by atoms with van der Waals surface area (Å²) in [5.74, 6) is -1.92. The number of carboxylic acid groups (broad SMARTS) is 1. The number of ether oxygens (including phenoxy) is 2. The molecule has 0 aromatic heterocycles. The van der Waals surface area contributed by atoms with Crippen molar-refractivity contribution in [1.29, 1.82) is 0 Å². The van der Waals surface area contributed by atoms with Gasteiger partial charge in [0, 0.05) is 6.08 Å². The molecule has 0 bridgehead atoms. The summed E-state index contributed by atoms with van der Waals surface area (Å²) in [6, 6.07) is 4.49. The van der Waals surface area contributed by atoms with Gasteiger partial charge in [0.05, 0.1) is 10.8 Å². The van der Waals surface area contributed by atoms with Gasteiger partial charge in [-0.25, -0.2) is 4.79 Å². The first-order valence-electron chi connectivity index (χ1n) is 7.80. The standard InChI is InChI=1S/C19H24O6/c1-18(2,3)16(22)24-13-9-7-12(8-10-15(20)21)11-14(13)25-17(23)19(4,5)6/h7-11H,1-6H3,(H,20,21)/b10-8+. The number of carboxylic acids is 1. The fourth-order valence-electron chi connectivity index (χ4n) is 1.47. The molecule has 0 atom stereocenters. The second-order valence-electron chi connectivity index (χ2n) is 7.66. The van der Waals surface area contributed by atoms with Gasteiger partial charge in [0.15, 0.2) is 11.5 Å². The first kappa shape index (κ1) is 20.4. The monoisotopic (exact) mass is 348 g/mol. The number of esters is 2. The van der Waals surface area contributed by atoms with E-state index >= 15 is 0 Å². The Labute approximate surface area is 147 Å². The number of rotatable bonds is 4. The molecule has 1 N–H and O–H groups in total. The third-order valence-corrected chi connectivity index (χ3v) is 3.02. The maximum Gasteiger partial charge on any atom is 0.328 e. The molecule has 0 saturated carbocycles. The number of carbonyl (C=O) groups is 3. The highest BCUT2D eigenvalue weighted by molar-refractivity contribution is 5.86. The summed E-state index contributed by atoms with van der Waals surface area (Å²) >= 11 is 0. The van der Waals surface area contributed by atoms with Crippen LogP contribution in [0.5, 0.6) is 11.5 Å². The molecule has 1 aromatic rings. The molecule has 136 valence electrons. The van der Waals surface area contributed by atoms with Gasteiger partial charge in [-0.05, 0) is 65.3 Å². The Morgan fingerprint density at radius 2 is 1.36 bits per heavy atom. The highest BCUT2D eigenvalue weighted by atomic mass is 16.6. The zero-order chi connectivity index (χ0) is 19.4. The normalized spacial score (nSPS) is 12.1. The molecule has 6 nitrogen and oxygen atoms in total. The van der Waals surface area contributed by atoms with Gasteiger partial charge in [-0.3, -0.25) is 9.59 Å². The van der Waals surface area contributed by atoms with Gasteiger partial charge in [0.25, 0.3) is 0 Å².